The number of pyridine rings is 1. The molecule has 0 bridgehead atoms. The largest absolute Gasteiger partial charge is 0.501 e. The minimum atomic E-state index is -0.869. The molecule has 1 aromatic carbocycles. The number of rotatable bonds is 2. The molecule has 0 aliphatic carbocycles. The molecule has 0 amide bonds. The smallest absolute Gasteiger partial charge is 0.328 e. The molecule has 1 N–H and O–H groups in total. The monoisotopic (exact) mass is 235 g/mol. The van der Waals surface area contributed by atoms with Crippen LogP contribution in [-0.4, -0.2) is 19.9 Å². The van der Waals surface area contributed by atoms with Gasteiger partial charge in [0.05, 0.1) is 21.6 Å². The van der Waals surface area contributed by atoms with Crippen molar-refractivity contribution < 1.29 is 15.0 Å². The number of aromatic hydroxyl groups is 1. The van der Waals surface area contributed by atoms with E-state index in [1.165, 1.54) is 12.1 Å². The number of fused-ring (bicyclic) bond motifs is 1. The van der Waals surface area contributed by atoms with Gasteiger partial charge in [0.25, 0.3) is 5.69 Å². The Hall–Kier alpha value is -2.77. The van der Waals surface area contributed by atoms with Gasteiger partial charge in [-0.25, -0.2) is 0 Å². The highest BCUT2D eigenvalue weighted by Gasteiger charge is 2.26. The Morgan fingerprint density at radius 2 is 1.88 bits per heavy atom. The average molecular weight is 235 g/mol. The molecule has 86 valence electrons. The lowest BCUT2D eigenvalue weighted by atomic mass is 10.1. The predicted octanol–water partition coefficient (Wildman–Crippen LogP) is 1.76. The van der Waals surface area contributed by atoms with Crippen molar-refractivity contribution in [3.05, 3.63) is 44.6 Å². The lowest BCUT2D eigenvalue weighted by Gasteiger charge is -2.01. The first-order valence-corrected chi connectivity index (χ1v) is 4.42. The van der Waals surface area contributed by atoms with E-state index in [-0.39, 0.29) is 10.9 Å². The van der Waals surface area contributed by atoms with E-state index in [1.807, 2.05) is 0 Å². The quantitative estimate of drug-likeness (QED) is 0.625. The summed E-state index contributed by atoms with van der Waals surface area (Å²) in [7, 11) is 0. The summed E-state index contributed by atoms with van der Waals surface area (Å²) in [5.74, 6) is -0.697. The number of nitrogens with zero attached hydrogens (tertiary/aromatic N) is 3. The second-order valence-electron chi connectivity index (χ2n) is 3.18. The third-order valence-corrected chi connectivity index (χ3v) is 2.21. The van der Waals surface area contributed by atoms with Crippen LogP contribution in [0.1, 0.15) is 0 Å². The lowest BCUT2D eigenvalue weighted by molar-refractivity contribution is -0.390. The molecule has 1 aromatic heterocycles. The highest BCUT2D eigenvalue weighted by molar-refractivity contribution is 5.97. The van der Waals surface area contributed by atoms with Crippen molar-refractivity contribution in [2.24, 2.45) is 0 Å². The van der Waals surface area contributed by atoms with Gasteiger partial charge in [0.15, 0.2) is 5.39 Å². The molecule has 0 radical (unpaired) electrons. The Morgan fingerprint density at radius 1 is 1.18 bits per heavy atom. The fourth-order valence-corrected chi connectivity index (χ4v) is 1.54. The van der Waals surface area contributed by atoms with Gasteiger partial charge in [-0.1, -0.05) is 6.07 Å². The zero-order valence-corrected chi connectivity index (χ0v) is 8.23. The zero-order valence-electron chi connectivity index (χ0n) is 8.23. The average Bonchev–Trinajstić information content (AvgIpc) is 2.27. The maximum absolute atomic E-state index is 10.8. The SMILES string of the molecule is O=[N+]([O-])c1cccc2ncc(O)c([N+](=O)[O-])c12. The van der Waals surface area contributed by atoms with Crippen LogP contribution >= 0.6 is 0 Å². The summed E-state index contributed by atoms with van der Waals surface area (Å²) in [5, 5.41) is 30.7. The van der Waals surface area contributed by atoms with Crippen molar-refractivity contribution in [2.45, 2.75) is 0 Å². The van der Waals surface area contributed by atoms with Crippen LogP contribution in [0.2, 0.25) is 0 Å². The van der Waals surface area contributed by atoms with Gasteiger partial charge >= 0.3 is 5.69 Å². The summed E-state index contributed by atoms with van der Waals surface area (Å²) >= 11 is 0. The van der Waals surface area contributed by atoms with Crippen LogP contribution in [0.15, 0.2) is 24.4 Å². The molecular formula is C9H5N3O5. The first-order chi connectivity index (χ1) is 8.02. The minimum Gasteiger partial charge on any atom is -0.501 e. The summed E-state index contributed by atoms with van der Waals surface area (Å²) in [6.07, 6.45) is 0.893. The van der Waals surface area contributed by atoms with E-state index in [4.69, 9.17) is 0 Å². The molecule has 8 nitrogen and oxygen atoms in total. The summed E-state index contributed by atoms with van der Waals surface area (Å²) in [5.41, 5.74) is -1.08. The van der Waals surface area contributed by atoms with E-state index < -0.39 is 27.0 Å². The second kappa shape index (κ2) is 3.67. The molecule has 2 rings (SSSR count). The van der Waals surface area contributed by atoms with Crippen LogP contribution in [0.4, 0.5) is 11.4 Å². The van der Waals surface area contributed by atoms with Crippen LogP contribution in [0.5, 0.6) is 5.75 Å². The predicted molar refractivity (Wildman–Crippen MR) is 56.7 cm³/mol. The van der Waals surface area contributed by atoms with E-state index in [9.17, 15) is 25.3 Å². The number of benzene rings is 1. The van der Waals surface area contributed by atoms with Crippen LogP contribution in [-0.2, 0) is 0 Å². The minimum absolute atomic E-state index is 0.0868. The standard InChI is InChI=1S/C9H5N3O5/c13-7-4-10-5-2-1-3-6(11(14)15)8(5)9(7)12(16)17/h1-4,13H. The normalized spacial score (nSPS) is 10.4. The van der Waals surface area contributed by atoms with Gasteiger partial charge < -0.3 is 5.11 Å². The molecule has 0 unspecified atom stereocenters. The first-order valence-electron chi connectivity index (χ1n) is 4.42. The Bertz CT molecular complexity index is 640. The van der Waals surface area contributed by atoms with E-state index in [0.29, 0.717) is 0 Å². The number of aromatic nitrogens is 1. The molecule has 0 aliphatic heterocycles. The molecule has 17 heavy (non-hydrogen) atoms. The van der Waals surface area contributed by atoms with Gasteiger partial charge in [-0.05, 0) is 6.07 Å². The number of nitro groups is 2. The molecule has 0 saturated carbocycles. The number of nitro benzene ring substituents is 1. The van der Waals surface area contributed by atoms with Crippen LogP contribution in [0, 0.1) is 20.2 Å². The van der Waals surface area contributed by atoms with Crippen molar-refractivity contribution in [3.63, 3.8) is 0 Å². The van der Waals surface area contributed by atoms with Crippen molar-refractivity contribution in [1.29, 1.82) is 0 Å². The molecule has 8 heteroatoms. The molecule has 0 aliphatic rings. The maximum atomic E-state index is 10.8. The molecule has 2 aromatic rings. The third-order valence-electron chi connectivity index (χ3n) is 2.21. The van der Waals surface area contributed by atoms with Gasteiger partial charge in [0, 0.05) is 6.07 Å². The van der Waals surface area contributed by atoms with E-state index in [1.54, 1.807) is 0 Å². The molecular weight excluding hydrogens is 230 g/mol. The zero-order chi connectivity index (χ0) is 12.6. The van der Waals surface area contributed by atoms with E-state index in [2.05, 4.69) is 4.98 Å². The number of hydrogen-bond donors (Lipinski definition) is 1. The Kier molecular flexibility index (Phi) is 2.32. The van der Waals surface area contributed by atoms with Crippen LogP contribution in [0.3, 0.4) is 0 Å². The van der Waals surface area contributed by atoms with Crippen LogP contribution < -0.4 is 0 Å². The van der Waals surface area contributed by atoms with Gasteiger partial charge in [-0.15, -0.1) is 0 Å². The Balaban J connectivity index is 2.99. The molecule has 0 atom stereocenters. The summed E-state index contributed by atoms with van der Waals surface area (Å²) in [6, 6.07) is 3.89. The first kappa shape index (κ1) is 10.7. The maximum Gasteiger partial charge on any atom is 0.328 e. The van der Waals surface area contributed by atoms with Gasteiger partial charge in [-0.3, -0.25) is 25.2 Å². The molecule has 0 saturated heterocycles. The van der Waals surface area contributed by atoms with Crippen molar-refractivity contribution in [1.82, 2.24) is 4.98 Å². The number of hydrogen-bond acceptors (Lipinski definition) is 6. The summed E-state index contributed by atoms with van der Waals surface area (Å²) in [4.78, 5) is 23.7. The fraction of sp³-hybridized carbons (Fsp3) is 0. The van der Waals surface area contributed by atoms with Crippen molar-refractivity contribution in [2.75, 3.05) is 0 Å². The van der Waals surface area contributed by atoms with Crippen molar-refractivity contribution in [3.8, 4) is 5.75 Å². The lowest BCUT2D eigenvalue weighted by Crippen LogP contribution is -1.96. The Morgan fingerprint density at radius 3 is 2.47 bits per heavy atom. The molecule has 0 fully saturated rings. The molecule has 0 spiro atoms. The summed E-state index contributed by atoms with van der Waals surface area (Å²) < 4.78 is 0. The third kappa shape index (κ3) is 1.61. The van der Waals surface area contributed by atoms with Gasteiger partial charge in [-0.2, -0.15) is 0 Å². The topological polar surface area (TPSA) is 119 Å². The number of non-ortho nitro benzene ring substituents is 1. The van der Waals surface area contributed by atoms with Crippen molar-refractivity contribution >= 4 is 22.3 Å². The highest BCUT2D eigenvalue weighted by atomic mass is 16.6. The van der Waals surface area contributed by atoms with Gasteiger partial charge in [0.1, 0.15) is 0 Å². The Labute approximate surface area is 93.4 Å². The highest BCUT2D eigenvalue weighted by Crippen LogP contribution is 2.37. The fourth-order valence-electron chi connectivity index (χ4n) is 1.54. The van der Waals surface area contributed by atoms with Crippen LogP contribution in [0.25, 0.3) is 10.9 Å². The van der Waals surface area contributed by atoms with Gasteiger partial charge in [0.2, 0.25) is 5.75 Å². The summed E-state index contributed by atoms with van der Waals surface area (Å²) in [6.45, 7) is 0. The van der Waals surface area contributed by atoms with E-state index in [0.717, 1.165) is 12.3 Å². The van der Waals surface area contributed by atoms with E-state index >= 15 is 0 Å². The second-order valence-corrected chi connectivity index (χ2v) is 3.18. The molecule has 1 heterocycles.